The van der Waals surface area contributed by atoms with Gasteiger partial charge >= 0.3 is 0 Å². The van der Waals surface area contributed by atoms with Gasteiger partial charge in [0.25, 0.3) is 5.91 Å². The van der Waals surface area contributed by atoms with E-state index in [-0.39, 0.29) is 17.9 Å². The minimum absolute atomic E-state index is 0.00697. The molecule has 19 heavy (non-hydrogen) atoms. The zero-order chi connectivity index (χ0) is 13.9. The molecule has 1 aromatic rings. The highest BCUT2D eigenvalue weighted by molar-refractivity contribution is 7.14. The van der Waals surface area contributed by atoms with Crippen LogP contribution < -0.4 is 5.32 Å². The van der Waals surface area contributed by atoms with Crippen LogP contribution in [-0.4, -0.2) is 24.2 Å². The van der Waals surface area contributed by atoms with Crippen LogP contribution in [0.2, 0.25) is 0 Å². The number of hydrogen-bond acceptors (Lipinski definition) is 3. The van der Waals surface area contributed by atoms with E-state index < -0.39 is 0 Å². The van der Waals surface area contributed by atoms with E-state index in [1.165, 1.54) is 10.4 Å². The minimum Gasteiger partial charge on any atom is -0.396 e. The van der Waals surface area contributed by atoms with Crippen molar-refractivity contribution in [3.63, 3.8) is 0 Å². The number of carbonyl (C=O) groups is 1. The van der Waals surface area contributed by atoms with E-state index in [1.807, 2.05) is 6.07 Å². The van der Waals surface area contributed by atoms with Crippen LogP contribution in [-0.2, 0) is 6.42 Å². The molecule has 0 atom stereocenters. The maximum absolute atomic E-state index is 12.2. The molecule has 0 spiro atoms. The van der Waals surface area contributed by atoms with Gasteiger partial charge in [0.15, 0.2) is 0 Å². The van der Waals surface area contributed by atoms with E-state index in [1.54, 1.807) is 11.3 Å². The van der Waals surface area contributed by atoms with Crippen molar-refractivity contribution in [3.05, 3.63) is 21.4 Å². The van der Waals surface area contributed by atoms with E-state index in [4.69, 9.17) is 0 Å². The Morgan fingerprint density at radius 3 is 2.68 bits per heavy atom. The molecule has 3 nitrogen and oxygen atoms in total. The summed E-state index contributed by atoms with van der Waals surface area (Å²) in [6.07, 6.45) is 5.33. The summed E-state index contributed by atoms with van der Waals surface area (Å²) in [6, 6.07) is 2.00. The highest BCUT2D eigenvalue weighted by Gasteiger charge is 2.33. The predicted octanol–water partition coefficient (Wildman–Crippen LogP) is 2.90. The van der Waals surface area contributed by atoms with Gasteiger partial charge in [0.2, 0.25) is 0 Å². The number of aliphatic hydroxyl groups excluding tert-OH is 1. The summed E-state index contributed by atoms with van der Waals surface area (Å²) >= 11 is 1.56. The highest BCUT2D eigenvalue weighted by atomic mass is 32.1. The van der Waals surface area contributed by atoms with Crippen LogP contribution in [0, 0.1) is 12.3 Å². The average molecular weight is 281 g/mol. The fourth-order valence-electron chi connectivity index (χ4n) is 2.85. The number of thiophene rings is 1. The number of hydrogen-bond donors (Lipinski definition) is 2. The van der Waals surface area contributed by atoms with E-state index >= 15 is 0 Å². The molecule has 0 radical (unpaired) electrons. The maximum atomic E-state index is 12.2. The third-order valence-corrected chi connectivity index (χ3v) is 5.34. The lowest BCUT2D eigenvalue weighted by Crippen LogP contribution is -2.38. The molecular weight excluding hydrogens is 258 g/mol. The molecule has 1 fully saturated rings. The average Bonchev–Trinajstić information content (AvgIpc) is 3.03. The van der Waals surface area contributed by atoms with Crippen molar-refractivity contribution in [2.24, 2.45) is 5.41 Å². The molecule has 0 saturated heterocycles. The number of aliphatic hydroxyl groups is 1. The van der Waals surface area contributed by atoms with Gasteiger partial charge in [-0.1, -0.05) is 19.8 Å². The second-order valence-corrected chi connectivity index (χ2v) is 6.85. The van der Waals surface area contributed by atoms with Crippen molar-refractivity contribution in [2.75, 3.05) is 13.2 Å². The summed E-state index contributed by atoms with van der Waals surface area (Å²) in [5.41, 5.74) is 1.18. The zero-order valence-corrected chi connectivity index (χ0v) is 12.6. The van der Waals surface area contributed by atoms with Gasteiger partial charge in [-0.3, -0.25) is 4.79 Å². The van der Waals surface area contributed by atoms with Crippen LogP contribution in [0.25, 0.3) is 0 Å². The first-order valence-electron chi connectivity index (χ1n) is 7.08. The summed E-state index contributed by atoms with van der Waals surface area (Å²) in [4.78, 5) is 14.2. The molecule has 1 saturated carbocycles. The smallest absolute Gasteiger partial charge is 0.261 e. The van der Waals surface area contributed by atoms with Crippen LogP contribution in [0.5, 0.6) is 0 Å². The largest absolute Gasteiger partial charge is 0.396 e. The van der Waals surface area contributed by atoms with Crippen molar-refractivity contribution in [3.8, 4) is 0 Å². The number of carbonyl (C=O) groups excluding carboxylic acids is 1. The molecule has 106 valence electrons. The molecule has 1 heterocycles. The molecule has 2 N–H and O–H groups in total. The number of amides is 1. The third kappa shape index (κ3) is 3.18. The molecular formula is C15H23NO2S. The summed E-state index contributed by atoms with van der Waals surface area (Å²) in [5.74, 6) is 0.00697. The van der Waals surface area contributed by atoms with Gasteiger partial charge in [0.05, 0.1) is 11.5 Å². The molecule has 0 aromatic carbocycles. The van der Waals surface area contributed by atoms with Gasteiger partial charge in [0, 0.05) is 16.8 Å². The first kappa shape index (κ1) is 14.5. The maximum Gasteiger partial charge on any atom is 0.261 e. The third-order valence-electron chi connectivity index (χ3n) is 4.25. The van der Waals surface area contributed by atoms with Crippen LogP contribution in [0.4, 0.5) is 0 Å². The summed E-state index contributed by atoms with van der Waals surface area (Å²) in [6.45, 7) is 4.94. The molecule has 2 rings (SSSR count). The fraction of sp³-hybridized carbons (Fsp3) is 0.667. The van der Waals surface area contributed by atoms with E-state index in [9.17, 15) is 9.90 Å². The van der Waals surface area contributed by atoms with Crippen LogP contribution >= 0.6 is 11.3 Å². The molecule has 0 unspecified atom stereocenters. The molecule has 1 amide bonds. The Morgan fingerprint density at radius 1 is 1.47 bits per heavy atom. The summed E-state index contributed by atoms with van der Waals surface area (Å²) in [5, 5.41) is 12.5. The van der Waals surface area contributed by atoms with Crippen molar-refractivity contribution in [1.29, 1.82) is 0 Å². The van der Waals surface area contributed by atoms with E-state index in [2.05, 4.69) is 19.2 Å². The Labute approximate surface area is 119 Å². The Balaban J connectivity index is 1.97. The van der Waals surface area contributed by atoms with Gasteiger partial charge < -0.3 is 10.4 Å². The second kappa shape index (κ2) is 6.06. The number of rotatable bonds is 5. The highest BCUT2D eigenvalue weighted by Crippen LogP contribution is 2.37. The van der Waals surface area contributed by atoms with Gasteiger partial charge in [-0.15, -0.1) is 11.3 Å². The molecule has 1 aliphatic carbocycles. The lowest BCUT2D eigenvalue weighted by Gasteiger charge is -2.26. The first-order valence-corrected chi connectivity index (χ1v) is 7.90. The topological polar surface area (TPSA) is 49.3 Å². The Morgan fingerprint density at radius 2 is 2.16 bits per heavy atom. The molecule has 1 aliphatic rings. The van der Waals surface area contributed by atoms with Crippen LogP contribution in [0.1, 0.15) is 52.7 Å². The molecule has 0 bridgehead atoms. The number of aryl methyl sites for hydroxylation is 2. The first-order chi connectivity index (χ1) is 9.10. The quantitative estimate of drug-likeness (QED) is 0.872. The van der Waals surface area contributed by atoms with Gasteiger partial charge in [0.1, 0.15) is 0 Å². The minimum atomic E-state index is -0.0739. The zero-order valence-electron chi connectivity index (χ0n) is 11.8. The van der Waals surface area contributed by atoms with E-state index in [0.29, 0.717) is 6.54 Å². The molecule has 1 aromatic heterocycles. The van der Waals surface area contributed by atoms with Crippen molar-refractivity contribution in [1.82, 2.24) is 5.32 Å². The number of nitrogens with one attached hydrogen (secondary N) is 1. The standard InChI is InChI=1S/C15H23NO2S/c1-3-12-8-13(19-11(12)2)14(18)16-9-15(10-17)6-4-5-7-15/h8,17H,3-7,9-10H2,1-2H3,(H,16,18). The SMILES string of the molecule is CCc1cc(C(=O)NCC2(CO)CCCC2)sc1C. The lowest BCUT2D eigenvalue weighted by molar-refractivity contribution is 0.0884. The van der Waals surface area contributed by atoms with Crippen LogP contribution in [0.15, 0.2) is 6.07 Å². The van der Waals surface area contributed by atoms with Crippen molar-refractivity contribution >= 4 is 17.2 Å². The molecule has 4 heteroatoms. The van der Waals surface area contributed by atoms with Gasteiger partial charge in [-0.2, -0.15) is 0 Å². The fourth-order valence-corrected chi connectivity index (χ4v) is 3.88. The Hall–Kier alpha value is -0.870. The second-order valence-electron chi connectivity index (χ2n) is 5.59. The molecule has 0 aliphatic heterocycles. The van der Waals surface area contributed by atoms with Gasteiger partial charge in [-0.05, 0) is 37.8 Å². The van der Waals surface area contributed by atoms with E-state index in [0.717, 1.165) is 37.0 Å². The summed E-state index contributed by atoms with van der Waals surface area (Å²) in [7, 11) is 0. The van der Waals surface area contributed by atoms with Crippen molar-refractivity contribution in [2.45, 2.75) is 46.0 Å². The Kier molecular flexibility index (Phi) is 4.63. The van der Waals surface area contributed by atoms with Gasteiger partial charge in [-0.25, -0.2) is 0 Å². The Bertz CT molecular complexity index is 447. The lowest BCUT2D eigenvalue weighted by atomic mass is 9.87. The normalized spacial score (nSPS) is 17.6. The van der Waals surface area contributed by atoms with Crippen molar-refractivity contribution < 1.29 is 9.90 Å². The monoisotopic (exact) mass is 281 g/mol. The summed E-state index contributed by atoms with van der Waals surface area (Å²) < 4.78 is 0. The predicted molar refractivity (Wildman–Crippen MR) is 78.8 cm³/mol. The van der Waals surface area contributed by atoms with Crippen LogP contribution in [0.3, 0.4) is 0 Å².